The van der Waals surface area contributed by atoms with E-state index in [0.29, 0.717) is 24.1 Å². The largest absolute Gasteiger partial charge is 0.324 e. The summed E-state index contributed by atoms with van der Waals surface area (Å²) in [5.74, 6) is -0.452. The number of imide groups is 1. The molecule has 2 aromatic carbocycles. The smallest absolute Gasteiger partial charge is 0.261 e. The molecule has 0 bridgehead atoms. The lowest BCUT2D eigenvalue weighted by atomic mass is 10.0. The van der Waals surface area contributed by atoms with Gasteiger partial charge in [0.25, 0.3) is 11.8 Å². The number of fused-ring (bicyclic) bond motifs is 1. The maximum absolute atomic E-state index is 12.2. The van der Waals surface area contributed by atoms with Gasteiger partial charge in [0.05, 0.1) is 11.1 Å². The molecular formula is C17H16N2O2. The van der Waals surface area contributed by atoms with E-state index in [9.17, 15) is 9.59 Å². The van der Waals surface area contributed by atoms with Crippen molar-refractivity contribution in [3.8, 4) is 0 Å². The zero-order valence-corrected chi connectivity index (χ0v) is 11.5. The van der Waals surface area contributed by atoms with Crippen molar-refractivity contribution in [3.63, 3.8) is 0 Å². The molecule has 0 fully saturated rings. The molecule has 106 valence electrons. The van der Waals surface area contributed by atoms with Crippen LogP contribution in [0.1, 0.15) is 38.7 Å². The molecule has 0 saturated carbocycles. The Morgan fingerprint density at radius 3 is 1.95 bits per heavy atom. The van der Waals surface area contributed by atoms with E-state index < -0.39 is 0 Å². The third kappa shape index (κ3) is 2.45. The lowest BCUT2D eigenvalue weighted by Crippen LogP contribution is -2.32. The van der Waals surface area contributed by atoms with Crippen LogP contribution in [0.5, 0.6) is 0 Å². The highest BCUT2D eigenvalue weighted by molar-refractivity contribution is 6.21. The Bertz CT molecular complexity index is 647. The van der Waals surface area contributed by atoms with Crippen molar-refractivity contribution in [2.45, 2.75) is 12.5 Å². The molecule has 0 aromatic heterocycles. The molecule has 2 aromatic rings. The fourth-order valence-corrected chi connectivity index (χ4v) is 2.58. The Morgan fingerprint density at radius 1 is 0.857 bits per heavy atom. The van der Waals surface area contributed by atoms with Gasteiger partial charge in [0.15, 0.2) is 0 Å². The van der Waals surface area contributed by atoms with Gasteiger partial charge < -0.3 is 5.73 Å². The van der Waals surface area contributed by atoms with Crippen LogP contribution in [-0.4, -0.2) is 23.3 Å². The summed E-state index contributed by atoms with van der Waals surface area (Å²) < 4.78 is 0. The Balaban J connectivity index is 1.70. The topological polar surface area (TPSA) is 63.4 Å². The molecule has 1 atom stereocenters. The van der Waals surface area contributed by atoms with Crippen molar-refractivity contribution in [1.29, 1.82) is 0 Å². The van der Waals surface area contributed by atoms with Crippen LogP contribution in [0.3, 0.4) is 0 Å². The summed E-state index contributed by atoms with van der Waals surface area (Å²) >= 11 is 0. The first kappa shape index (κ1) is 13.5. The SMILES string of the molecule is NC(CCN1C(=O)c2ccccc2C1=O)c1ccccc1. The van der Waals surface area contributed by atoms with Crippen molar-refractivity contribution in [1.82, 2.24) is 4.90 Å². The number of amides is 2. The molecule has 21 heavy (non-hydrogen) atoms. The summed E-state index contributed by atoms with van der Waals surface area (Å²) in [4.78, 5) is 25.7. The Kier molecular flexibility index (Phi) is 3.54. The lowest BCUT2D eigenvalue weighted by Gasteiger charge is -2.17. The quantitative estimate of drug-likeness (QED) is 0.874. The molecule has 1 aliphatic rings. The van der Waals surface area contributed by atoms with E-state index in [-0.39, 0.29) is 17.9 Å². The van der Waals surface area contributed by atoms with Crippen molar-refractivity contribution in [2.75, 3.05) is 6.54 Å². The number of hydrogen-bond donors (Lipinski definition) is 1. The van der Waals surface area contributed by atoms with Gasteiger partial charge in [-0.25, -0.2) is 0 Å². The van der Waals surface area contributed by atoms with Crippen LogP contribution in [0, 0.1) is 0 Å². The molecule has 2 amide bonds. The summed E-state index contributed by atoms with van der Waals surface area (Å²) in [6, 6.07) is 16.4. The molecule has 1 heterocycles. The minimum Gasteiger partial charge on any atom is -0.324 e. The van der Waals surface area contributed by atoms with Crippen molar-refractivity contribution in [3.05, 3.63) is 71.3 Å². The predicted molar refractivity (Wildman–Crippen MR) is 79.8 cm³/mol. The van der Waals surface area contributed by atoms with Crippen molar-refractivity contribution < 1.29 is 9.59 Å². The van der Waals surface area contributed by atoms with Crippen LogP contribution in [0.15, 0.2) is 54.6 Å². The second-order valence-electron chi connectivity index (χ2n) is 5.11. The molecule has 0 aliphatic carbocycles. The third-order valence-corrected chi connectivity index (χ3v) is 3.77. The van der Waals surface area contributed by atoms with Crippen LogP contribution in [-0.2, 0) is 0 Å². The van der Waals surface area contributed by atoms with Gasteiger partial charge in [0, 0.05) is 12.6 Å². The first-order valence-corrected chi connectivity index (χ1v) is 6.94. The van der Waals surface area contributed by atoms with Crippen molar-refractivity contribution >= 4 is 11.8 Å². The van der Waals surface area contributed by atoms with Gasteiger partial charge >= 0.3 is 0 Å². The van der Waals surface area contributed by atoms with E-state index in [0.717, 1.165) is 5.56 Å². The molecular weight excluding hydrogens is 264 g/mol. The van der Waals surface area contributed by atoms with Gasteiger partial charge in [-0.15, -0.1) is 0 Å². The highest BCUT2D eigenvalue weighted by Crippen LogP contribution is 2.24. The first-order valence-electron chi connectivity index (χ1n) is 6.94. The van der Waals surface area contributed by atoms with Gasteiger partial charge in [0.1, 0.15) is 0 Å². The minimum atomic E-state index is -0.226. The standard InChI is InChI=1S/C17H16N2O2/c18-15(12-6-2-1-3-7-12)10-11-19-16(20)13-8-4-5-9-14(13)17(19)21/h1-9,15H,10-11,18H2. The Hall–Kier alpha value is -2.46. The normalized spacial score (nSPS) is 15.2. The average molecular weight is 280 g/mol. The van der Waals surface area contributed by atoms with Gasteiger partial charge in [0.2, 0.25) is 0 Å². The Morgan fingerprint density at radius 2 is 1.38 bits per heavy atom. The summed E-state index contributed by atoms with van der Waals surface area (Å²) in [6.07, 6.45) is 0.551. The minimum absolute atomic E-state index is 0.185. The number of benzene rings is 2. The fraction of sp³-hybridized carbons (Fsp3) is 0.176. The number of carbonyl (C=O) groups excluding carboxylic acids is 2. The van der Waals surface area contributed by atoms with Gasteiger partial charge in [-0.05, 0) is 24.1 Å². The third-order valence-electron chi connectivity index (χ3n) is 3.77. The van der Waals surface area contributed by atoms with Gasteiger partial charge in [-0.1, -0.05) is 42.5 Å². The number of hydrogen-bond acceptors (Lipinski definition) is 3. The summed E-state index contributed by atoms with van der Waals surface area (Å²) in [5.41, 5.74) is 8.09. The second kappa shape index (κ2) is 5.50. The highest BCUT2D eigenvalue weighted by atomic mass is 16.2. The van der Waals surface area contributed by atoms with E-state index >= 15 is 0 Å². The summed E-state index contributed by atoms with van der Waals surface area (Å²) in [7, 11) is 0. The maximum Gasteiger partial charge on any atom is 0.261 e. The predicted octanol–water partition coefficient (Wildman–Crippen LogP) is 2.37. The van der Waals surface area contributed by atoms with E-state index in [1.807, 2.05) is 30.3 Å². The van der Waals surface area contributed by atoms with Crippen LogP contribution in [0.2, 0.25) is 0 Å². The second-order valence-corrected chi connectivity index (χ2v) is 5.11. The molecule has 4 nitrogen and oxygen atoms in total. The summed E-state index contributed by atoms with van der Waals surface area (Å²) in [6.45, 7) is 0.336. The number of nitrogens with zero attached hydrogens (tertiary/aromatic N) is 1. The van der Waals surface area contributed by atoms with E-state index in [4.69, 9.17) is 5.73 Å². The summed E-state index contributed by atoms with van der Waals surface area (Å²) in [5, 5.41) is 0. The van der Waals surface area contributed by atoms with Crippen LogP contribution >= 0.6 is 0 Å². The van der Waals surface area contributed by atoms with Crippen LogP contribution in [0.25, 0.3) is 0 Å². The molecule has 2 N–H and O–H groups in total. The lowest BCUT2D eigenvalue weighted by molar-refractivity contribution is 0.0650. The zero-order valence-electron chi connectivity index (χ0n) is 11.5. The van der Waals surface area contributed by atoms with E-state index in [1.165, 1.54) is 4.90 Å². The zero-order chi connectivity index (χ0) is 14.8. The van der Waals surface area contributed by atoms with E-state index in [1.54, 1.807) is 24.3 Å². The maximum atomic E-state index is 12.2. The number of carbonyl (C=O) groups is 2. The van der Waals surface area contributed by atoms with Gasteiger partial charge in [-0.3, -0.25) is 14.5 Å². The molecule has 3 rings (SSSR count). The molecule has 0 saturated heterocycles. The van der Waals surface area contributed by atoms with E-state index in [2.05, 4.69) is 0 Å². The van der Waals surface area contributed by atoms with Crippen LogP contribution in [0.4, 0.5) is 0 Å². The fourth-order valence-electron chi connectivity index (χ4n) is 2.58. The van der Waals surface area contributed by atoms with Crippen LogP contribution < -0.4 is 5.73 Å². The molecule has 1 aliphatic heterocycles. The Labute approximate surface area is 123 Å². The van der Waals surface area contributed by atoms with Gasteiger partial charge in [-0.2, -0.15) is 0 Å². The monoisotopic (exact) mass is 280 g/mol. The number of nitrogens with two attached hydrogens (primary N) is 1. The highest BCUT2D eigenvalue weighted by Gasteiger charge is 2.34. The first-order chi connectivity index (χ1) is 10.2. The molecule has 4 heteroatoms. The number of rotatable bonds is 4. The molecule has 0 radical (unpaired) electrons. The molecule has 1 unspecified atom stereocenters. The average Bonchev–Trinajstić information content (AvgIpc) is 2.78. The molecule has 0 spiro atoms. The van der Waals surface area contributed by atoms with Crippen molar-refractivity contribution in [2.24, 2.45) is 5.73 Å².